The fourth-order valence-corrected chi connectivity index (χ4v) is 2.57. The van der Waals surface area contributed by atoms with Gasteiger partial charge in [-0.15, -0.1) is 0 Å². The molecule has 7 heteroatoms. The highest BCUT2D eigenvalue weighted by atomic mass is 35.5. The SMILES string of the molecule is CC.CNc1nc(Cl)cc(OC2CN(C3COC3)C2)c1C=N. The van der Waals surface area contributed by atoms with Gasteiger partial charge in [-0.1, -0.05) is 25.4 Å². The van der Waals surface area contributed by atoms with Crippen LogP contribution in [0.2, 0.25) is 5.15 Å². The zero-order chi connectivity index (χ0) is 16.1. The lowest BCUT2D eigenvalue weighted by molar-refractivity contribution is -0.115. The standard InChI is InChI=1S/C13H17ClN4O2.C2H6/c1-16-13-10(3-15)11(2-12(14)17-13)20-9-4-18(5-9)8-6-19-7-8;1-2/h2-3,8-9,15H,4-7H2,1H3,(H,16,17);1-2H3. The number of nitrogens with zero attached hydrogens (tertiary/aromatic N) is 2. The van der Waals surface area contributed by atoms with Crippen molar-refractivity contribution in [2.45, 2.75) is 26.0 Å². The number of ether oxygens (including phenoxy) is 2. The quantitative estimate of drug-likeness (QED) is 0.641. The summed E-state index contributed by atoms with van der Waals surface area (Å²) in [5, 5.41) is 10.8. The van der Waals surface area contributed by atoms with Crippen LogP contribution in [0.25, 0.3) is 0 Å². The summed E-state index contributed by atoms with van der Waals surface area (Å²) in [6.07, 6.45) is 1.37. The maximum absolute atomic E-state index is 7.51. The molecule has 2 fully saturated rings. The van der Waals surface area contributed by atoms with Gasteiger partial charge in [-0.05, 0) is 0 Å². The lowest BCUT2D eigenvalue weighted by Gasteiger charge is -2.46. The molecule has 1 aromatic rings. The molecule has 2 aliphatic rings. The van der Waals surface area contributed by atoms with E-state index in [0.29, 0.717) is 28.3 Å². The predicted molar refractivity (Wildman–Crippen MR) is 88.6 cm³/mol. The molecule has 0 aromatic carbocycles. The Morgan fingerprint density at radius 2 is 2.14 bits per heavy atom. The monoisotopic (exact) mass is 326 g/mol. The van der Waals surface area contributed by atoms with Crippen molar-refractivity contribution in [1.29, 1.82) is 5.41 Å². The van der Waals surface area contributed by atoms with E-state index in [2.05, 4.69) is 15.2 Å². The van der Waals surface area contributed by atoms with Crippen LogP contribution in [0, 0.1) is 5.41 Å². The molecule has 6 nitrogen and oxygen atoms in total. The van der Waals surface area contributed by atoms with Crippen LogP contribution >= 0.6 is 11.6 Å². The zero-order valence-electron chi connectivity index (χ0n) is 13.2. The van der Waals surface area contributed by atoms with Gasteiger partial charge in [0.25, 0.3) is 0 Å². The summed E-state index contributed by atoms with van der Waals surface area (Å²) < 4.78 is 11.1. The highest BCUT2D eigenvalue weighted by Crippen LogP contribution is 2.29. The molecule has 0 bridgehead atoms. The van der Waals surface area contributed by atoms with Crippen LogP contribution in [0.15, 0.2) is 6.07 Å². The molecule has 0 unspecified atom stereocenters. The minimum Gasteiger partial charge on any atom is -0.487 e. The topological polar surface area (TPSA) is 70.5 Å². The molecule has 0 spiro atoms. The van der Waals surface area contributed by atoms with Crippen molar-refractivity contribution in [3.63, 3.8) is 0 Å². The zero-order valence-corrected chi connectivity index (χ0v) is 14.0. The summed E-state index contributed by atoms with van der Waals surface area (Å²) in [6.45, 7) is 7.42. The number of halogens is 1. The molecule has 3 heterocycles. The van der Waals surface area contributed by atoms with Crippen molar-refractivity contribution in [3.8, 4) is 5.75 Å². The van der Waals surface area contributed by atoms with Crippen LogP contribution in [0.1, 0.15) is 19.4 Å². The number of pyridine rings is 1. The molecule has 0 atom stereocenters. The molecule has 0 saturated carbocycles. The highest BCUT2D eigenvalue weighted by molar-refractivity contribution is 6.29. The average Bonchev–Trinajstić information content (AvgIpc) is 2.44. The third kappa shape index (κ3) is 3.51. The van der Waals surface area contributed by atoms with E-state index in [1.54, 1.807) is 13.1 Å². The number of rotatable bonds is 5. The van der Waals surface area contributed by atoms with Gasteiger partial charge in [0.1, 0.15) is 22.8 Å². The van der Waals surface area contributed by atoms with Gasteiger partial charge in [-0.2, -0.15) is 0 Å². The van der Waals surface area contributed by atoms with E-state index in [9.17, 15) is 0 Å². The molecule has 1 aromatic heterocycles. The molecule has 2 aliphatic heterocycles. The Kier molecular flexibility index (Phi) is 5.99. The first kappa shape index (κ1) is 17.0. The summed E-state index contributed by atoms with van der Waals surface area (Å²) in [5.41, 5.74) is 0.627. The summed E-state index contributed by atoms with van der Waals surface area (Å²) in [7, 11) is 1.75. The first-order valence-electron chi connectivity index (χ1n) is 7.58. The van der Waals surface area contributed by atoms with Gasteiger partial charge < -0.3 is 20.2 Å². The molecular weight excluding hydrogens is 304 g/mol. The molecule has 0 amide bonds. The van der Waals surface area contributed by atoms with Crippen LogP contribution in [0.4, 0.5) is 5.82 Å². The van der Waals surface area contributed by atoms with Crippen LogP contribution < -0.4 is 10.1 Å². The predicted octanol–water partition coefficient (Wildman–Crippen LogP) is 2.26. The number of likely N-dealkylation sites (tertiary alicyclic amines) is 1. The Bertz CT molecular complexity index is 517. The van der Waals surface area contributed by atoms with Crippen molar-refractivity contribution in [2.75, 3.05) is 38.7 Å². The van der Waals surface area contributed by atoms with Gasteiger partial charge in [-0.25, -0.2) is 4.98 Å². The van der Waals surface area contributed by atoms with Crippen molar-refractivity contribution < 1.29 is 9.47 Å². The summed E-state index contributed by atoms with van der Waals surface area (Å²) in [6, 6.07) is 2.21. The minimum atomic E-state index is 0.137. The normalized spacial score (nSPS) is 18.5. The van der Waals surface area contributed by atoms with Gasteiger partial charge in [0.15, 0.2) is 0 Å². The molecule has 0 radical (unpaired) electrons. The van der Waals surface area contributed by atoms with Gasteiger partial charge in [0, 0.05) is 32.4 Å². The largest absolute Gasteiger partial charge is 0.487 e. The second-order valence-electron chi connectivity index (χ2n) is 4.98. The van der Waals surface area contributed by atoms with Crippen molar-refractivity contribution in [1.82, 2.24) is 9.88 Å². The lowest BCUT2D eigenvalue weighted by atomic mass is 10.1. The number of anilines is 1. The Balaban J connectivity index is 0.000000847. The van der Waals surface area contributed by atoms with E-state index in [0.717, 1.165) is 26.3 Å². The van der Waals surface area contributed by atoms with Crippen LogP contribution in [-0.4, -0.2) is 61.6 Å². The second-order valence-corrected chi connectivity index (χ2v) is 5.37. The van der Waals surface area contributed by atoms with Gasteiger partial charge in [0.2, 0.25) is 0 Å². The smallest absolute Gasteiger partial charge is 0.140 e. The Morgan fingerprint density at radius 3 is 2.64 bits per heavy atom. The maximum atomic E-state index is 7.51. The van der Waals surface area contributed by atoms with Crippen LogP contribution in [0.3, 0.4) is 0 Å². The fourth-order valence-electron chi connectivity index (χ4n) is 2.39. The van der Waals surface area contributed by atoms with Crippen molar-refractivity contribution >= 4 is 23.6 Å². The first-order chi connectivity index (χ1) is 10.7. The molecule has 2 N–H and O–H groups in total. The lowest BCUT2D eigenvalue weighted by Crippen LogP contribution is -2.63. The minimum absolute atomic E-state index is 0.137. The van der Waals surface area contributed by atoms with Crippen molar-refractivity contribution in [3.05, 3.63) is 16.8 Å². The van der Waals surface area contributed by atoms with Crippen LogP contribution in [0.5, 0.6) is 5.75 Å². The van der Waals surface area contributed by atoms with E-state index >= 15 is 0 Å². The van der Waals surface area contributed by atoms with E-state index in [1.165, 1.54) is 6.21 Å². The molecule has 122 valence electrons. The van der Waals surface area contributed by atoms with E-state index in [-0.39, 0.29) is 6.10 Å². The fraction of sp³-hybridized carbons (Fsp3) is 0.600. The summed E-state index contributed by atoms with van der Waals surface area (Å²) in [5.74, 6) is 1.17. The third-order valence-electron chi connectivity index (χ3n) is 3.68. The second kappa shape index (κ2) is 7.76. The molecule has 22 heavy (non-hydrogen) atoms. The highest BCUT2D eigenvalue weighted by Gasteiger charge is 2.37. The Morgan fingerprint density at radius 1 is 1.45 bits per heavy atom. The molecule has 2 saturated heterocycles. The van der Waals surface area contributed by atoms with Gasteiger partial charge in [-0.3, -0.25) is 4.90 Å². The number of hydrogen-bond donors (Lipinski definition) is 2. The van der Waals surface area contributed by atoms with E-state index < -0.39 is 0 Å². The number of nitrogens with one attached hydrogen (secondary N) is 2. The molecule has 0 aliphatic carbocycles. The van der Waals surface area contributed by atoms with E-state index in [1.807, 2.05) is 13.8 Å². The Hall–Kier alpha value is -1.37. The van der Waals surface area contributed by atoms with Gasteiger partial charge in [0.05, 0.1) is 24.8 Å². The number of hydrogen-bond acceptors (Lipinski definition) is 6. The third-order valence-corrected chi connectivity index (χ3v) is 3.87. The van der Waals surface area contributed by atoms with Crippen LogP contribution in [-0.2, 0) is 4.74 Å². The van der Waals surface area contributed by atoms with Gasteiger partial charge >= 0.3 is 0 Å². The summed E-state index contributed by atoms with van der Waals surface area (Å²) >= 11 is 5.98. The van der Waals surface area contributed by atoms with Crippen molar-refractivity contribution in [2.24, 2.45) is 0 Å². The van der Waals surface area contributed by atoms with E-state index in [4.69, 9.17) is 26.5 Å². The maximum Gasteiger partial charge on any atom is 0.140 e. The molecular formula is C15H23ClN4O2. The average molecular weight is 327 g/mol. The molecule has 3 rings (SSSR count). The first-order valence-corrected chi connectivity index (χ1v) is 7.96. The summed E-state index contributed by atoms with van der Waals surface area (Å²) in [4.78, 5) is 6.48. The number of aromatic nitrogens is 1. The Labute approximate surface area is 136 Å².